The van der Waals surface area contributed by atoms with Gasteiger partial charge in [-0.1, -0.05) is 0 Å². The van der Waals surface area contributed by atoms with E-state index in [1.54, 1.807) is 21.1 Å². The fourth-order valence-electron chi connectivity index (χ4n) is 1.86. The van der Waals surface area contributed by atoms with E-state index in [2.05, 4.69) is 20.9 Å². The van der Waals surface area contributed by atoms with Crippen molar-refractivity contribution >= 4 is 12.1 Å². The van der Waals surface area contributed by atoms with Crippen molar-refractivity contribution < 1.29 is 14.3 Å². The number of alkyl carbamates (subject to hydrolysis) is 1. The zero-order valence-electron chi connectivity index (χ0n) is 12.6. The first-order valence-corrected chi connectivity index (χ1v) is 7.08. The summed E-state index contributed by atoms with van der Waals surface area (Å²) < 4.78 is 9.89. The van der Waals surface area contributed by atoms with E-state index in [9.17, 15) is 4.79 Å². The number of hydrogen-bond donors (Lipinski definition) is 3. The molecule has 0 heterocycles. The third-order valence-corrected chi connectivity index (χ3v) is 3.08. The Hall–Kier alpha value is -1.50. The van der Waals surface area contributed by atoms with E-state index >= 15 is 0 Å². The van der Waals surface area contributed by atoms with Crippen molar-refractivity contribution in [2.75, 3.05) is 40.5 Å². The molecule has 116 valence electrons. The Balaban J connectivity index is 2.32. The Morgan fingerprint density at radius 3 is 2.70 bits per heavy atom. The van der Waals surface area contributed by atoms with Crippen LogP contribution < -0.4 is 16.0 Å². The molecule has 1 fully saturated rings. The number of aliphatic imine (C=N–C) groups is 1. The van der Waals surface area contributed by atoms with Crippen LogP contribution in [0.1, 0.15) is 19.8 Å². The second kappa shape index (κ2) is 9.41. The molecule has 1 saturated carbocycles. The molecule has 0 aromatic heterocycles. The highest BCUT2D eigenvalue weighted by Crippen LogP contribution is 2.32. The lowest BCUT2D eigenvalue weighted by Crippen LogP contribution is -2.48. The van der Waals surface area contributed by atoms with Gasteiger partial charge in [0.2, 0.25) is 0 Å². The number of nitrogens with zero attached hydrogens (tertiary/aromatic N) is 1. The van der Waals surface area contributed by atoms with Crippen LogP contribution in [0.25, 0.3) is 0 Å². The number of amides is 1. The van der Waals surface area contributed by atoms with Gasteiger partial charge in [-0.15, -0.1) is 0 Å². The first-order chi connectivity index (χ1) is 9.71. The summed E-state index contributed by atoms with van der Waals surface area (Å²) in [4.78, 5) is 15.6. The fraction of sp³-hybridized carbons (Fsp3) is 0.846. The summed E-state index contributed by atoms with van der Waals surface area (Å²) in [6.45, 7) is 4.13. The average Bonchev–Trinajstić information content (AvgIpc) is 3.26. The topological polar surface area (TPSA) is 84.0 Å². The Morgan fingerprint density at radius 2 is 2.15 bits per heavy atom. The van der Waals surface area contributed by atoms with Gasteiger partial charge >= 0.3 is 6.09 Å². The molecule has 0 radical (unpaired) electrons. The highest BCUT2D eigenvalue weighted by molar-refractivity contribution is 5.79. The molecule has 1 aliphatic carbocycles. The maximum atomic E-state index is 11.5. The number of guanidine groups is 1. The van der Waals surface area contributed by atoms with Crippen molar-refractivity contribution in [1.82, 2.24) is 16.0 Å². The van der Waals surface area contributed by atoms with E-state index < -0.39 is 0 Å². The summed E-state index contributed by atoms with van der Waals surface area (Å²) in [6.07, 6.45) is 1.94. The number of carbonyl (C=O) groups excluding carboxylic acids is 1. The van der Waals surface area contributed by atoms with Gasteiger partial charge in [0, 0.05) is 27.2 Å². The van der Waals surface area contributed by atoms with E-state index in [-0.39, 0.29) is 12.1 Å². The summed E-state index contributed by atoms with van der Waals surface area (Å²) in [6, 6.07) is 0.0787. The van der Waals surface area contributed by atoms with Gasteiger partial charge < -0.3 is 25.4 Å². The minimum absolute atomic E-state index is 0.0787. The zero-order chi connectivity index (χ0) is 14.8. The standard InChI is InChI=1S/C13H26N4O3/c1-4-20-13(18)17-11(10-5-6-10)9-16-12(14-2)15-7-8-19-3/h10-11H,4-9H2,1-3H3,(H,17,18)(H2,14,15,16). The van der Waals surface area contributed by atoms with Gasteiger partial charge in [0.15, 0.2) is 5.96 Å². The van der Waals surface area contributed by atoms with Crippen LogP contribution in [-0.2, 0) is 9.47 Å². The lowest BCUT2D eigenvalue weighted by molar-refractivity contribution is 0.146. The number of methoxy groups -OCH3 is 1. The van der Waals surface area contributed by atoms with Crippen LogP contribution in [0, 0.1) is 5.92 Å². The van der Waals surface area contributed by atoms with Gasteiger partial charge in [-0.05, 0) is 25.7 Å². The van der Waals surface area contributed by atoms with Crippen LogP contribution in [0.4, 0.5) is 4.79 Å². The average molecular weight is 286 g/mol. The second-order valence-electron chi connectivity index (χ2n) is 4.68. The third kappa shape index (κ3) is 6.60. The first kappa shape index (κ1) is 16.6. The lowest BCUT2D eigenvalue weighted by atomic mass is 10.2. The maximum Gasteiger partial charge on any atom is 0.407 e. The second-order valence-corrected chi connectivity index (χ2v) is 4.68. The molecule has 1 rings (SSSR count). The smallest absolute Gasteiger partial charge is 0.407 e. The summed E-state index contributed by atoms with van der Waals surface area (Å²) in [7, 11) is 3.37. The molecular weight excluding hydrogens is 260 g/mol. The van der Waals surface area contributed by atoms with Crippen LogP contribution in [0.2, 0.25) is 0 Å². The van der Waals surface area contributed by atoms with Crippen LogP contribution in [0.5, 0.6) is 0 Å². The maximum absolute atomic E-state index is 11.5. The summed E-state index contributed by atoms with van der Waals surface area (Å²) in [5, 5.41) is 9.24. The Labute approximate surface area is 120 Å². The quantitative estimate of drug-likeness (QED) is 0.340. The molecule has 7 heteroatoms. The minimum atomic E-state index is -0.353. The highest BCUT2D eigenvalue weighted by atomic mass is 16.5. The van der Waals surface area contributed by atoms with Crippen molar-refractivity contribution in [1.29, 1.82) is 0 Å². The number of ether oxygens (including phenoxy) is 2. The number of nitrogens with one attached hydrogen (secondary N) is 3. The molecule has 0 saturated heterocycles. The van der Waals surface area contributed by atoms with Crippen molar-refractivity contribution in [3.63, 3.8) is 0 Å². The molecule has 0 aromatic rings. The molecule has 20 heavy (non-hydrogen) atoms. The Kier molecular flexibility index (Phi) is 7.79. The van der Waals surface area contributed by atoms with E-state index in [4.69, 9.17) is 9.47 Å². The van der Waals surface area contributed by atoms with Gasteiger partial charge in [-0.2, -0.15) is 0 Å². The number of carbonyl (C=O) groups is 1. The van der Waals surface area contributed by atoms with Crippen LogP contribution in [-0.4, -0.2) is 58.6 Å². The molecule has 0 aliphatic heterocycles. The Bertz CT molecular complexity index is 319. The molecule has 0 aromatic carbocycles. The van der Waals surface area contributed by atoms with Gasteiger partial charge in [-0.3, -0.25) is 4.99 Å². The third-order valence-electron chi connectivity index (χ3n) is 3.08. The van der Waals surface area contributed by atoms with Gasteiger partial charge in [-0.25, -0.2) is 4.79 Å². The van der Waals surface area contributed by atoms with Crippen molar-refractivity contribution in [3.8, 4) is 0 Å². The molecule has 7 nitrogen and oxygen atoms in total. The fourth-order valence-corrected chi connectivity index (χ4v) is 1.86. The lowest BCUT2D eigenvalue weighted by Gasteiger charge is -2.20. The molecule has 1 atom stereocenters. The first-order valence-electron chi connectivity index (χ1n) is 7.08. The summed E-state index contributed by atoms with van der Waals surface area (Å²) in [5.74, 6) is 1.24. The monoisotopic (exact) mass is 286 g/mol. The molecule has 0 bridgehead atoms. The molecule has 3 N–H and O–H groups in total. The molecular formula is C13H26N4O3. The van der Waals surface area contributed by atoms with E-state index in [1.807, 2.05) is 0 Å². The van der Waals surface area contributed by atoms with Crippen LogP contribution >= 0.6 is 0 Å². The van der Waals surface area contributed by atoms with Crippen molar-refractivity contribution in [2.45, 2.75) is 25.8 Å². The van der Waals surface area contributed by atoms with Crippen molar-refractivity contribution in [2.24, 2.45) is 10.9 Å². The highest BCUT2D eigenvalue weighted by Gasteiger charge is 2.32. The zero-order valence-corrected chi connectivity index (χ0v) is 12.6. The molecule has 1 aliphatic rings. The molecule has 1 amide bonds. The predicted octanol–water partition coefficient (Wildman–Crippen LogP) is 0.323. The van der Waals surface area contributed by atoms with Gasteiger partial charge in [0.05, 0.1) is 19.3 Å². The summed E-state index contributed by atoms with van der Waals surface area (Å²) >= 11 is 0. The SMILES string of the molecule is CCOC(=O)NC(CNC(=NC)NCCOC)C1CC1. The summed E-state index contributed by atoms with van der Waals surface area (Å²) in [5.41, 5.74) is 0. The van der Waals surface area contributed by atoms with E-state index in [1.165, 1.54) is 0 Å². The van der Waals surface area contributed by atoms with Crippen LogP contribution in [0.3, 0.4) is 0 Å². The molecule has 0 spiro atoms. The van der Waals surface area contributed by atoms with Gasteiger partial charge in [0.25, 0.3) is 0 Å². The molecule has 1 unspecified atom stereocenters. The van der Waals surface area contributed by atoms with Gasteiger partial charge in [0.1, 0.15) is 0 Å². The minimum Gasteiger partial charge on any atom is -0.450 e. The van der Waals surface area contributed by atoms with Crippen LogP contribution in [0.15, 0.2) is 4.99 Å². The van der Waals surface area contributed by atoms with E-state index in [0.717, 1.165) is 12.8 Å². The van der Waals surface area contributed by atoms with Crippen molar-refractivity contribution in [3.05, 3.63) is 0 Å². The largest absolute Gasteiger partial charge is 0.450 e. The number of hydrogen-bond acceptors (Lipinski definition) is 4. The van der Waals surface area contributed by atoms with E-state index in [0.29, 0.717) is 38.2 Å². The predicted molar refractivity (Wildman–Crippen MR) is 77.9 cm³/mol. The normalized spacial score (nSPS) is 16.4. The Morgan fingerprint density at radius 1 is 1.40 bits per heavy atom. The number of rotatable bonds is 8.